The molecule has 18 heavy (non-hydrogen) atoms. The number of hydrogen-bond acceptors (Lipinski definition) is 3. The molecule has 0 spiro atoms. The number of aromatic nitrogens is 3. The van der Waals surface area contributed by atoms with Gasteiger partial charge in [0.15, 0.2) is 0 Å². The van der Waals surface area contributed by atoms with E-state index >= 15 is 0 Å². The van der Waals surface area contributed by atoms with Crippen molar-refractivity contribution >= 4 is 32.9 Å². The molecule has 2 aromatic heterocycles. The summed E-state index contributed by atoms with van der Waals surface area (Å²) in [5, 5.41) is 0. The number of halogens is 2. The molecule has 0 saturated heterocycles. The highest BCUT2D eigenvalue weighted by molar-refractivity contribution is 9.10. The summed E-state index contributed by atoms with van der Waals surface area (Å²) < 4.78 is 16.2. The fraction of sp³-hybridized carbons (Fsp3) is 0. The van der Waals surface area contributed by atoms with E-state index < -0.39 is 0 Å². The normalized spacial score (nSPS) is 11.0. The number of nitrogens with zero attached hydrogens (tertiary/aromatic N) is 3. The summed E-state index contributed by atoms with van der Waals surface area (Å²) in [6, 6.07) is 6.42. The topological polar surface area (TPSA) is 56.7 Å². The van der Waals surface area contributed by atoms with Gasteiger partial charge in [-0.2, -0.15) is 0 Å². The molecule has 6 heteroatoms. The molecule has 0 aliphatic carbocycles. The lowest BCUT2D eigenvalue weighted by Crippen LogP contribution is -2.02. The van der Waals surface area contributed by atoms with E-state index in [0.717, 1.165) is 9.99 Å². The number of anilines is 1. The van der Waals surface area contributed by atoms with Crippen molar-refractivity contribution in [3.63, 3.8) is 0 Å². The second-order valence-electron chi connectivity index (χ2n) is 3.77. The standard InChI is InChI=1S/C12H8BrFN4/c13-7-1-2-8(14)11(5-7)18-10-3-4-16-6-9(10)17-12(18)15/h1-6H,(H2,15,17). The lowest BCUT2D eigenvalue weighted by atomic mass is 10.3. The summed E-state index contributed by atoms with van der Waals surface area (Å²) in [4.78, 5) is 8.12. The molecule has 4 nitrogen and oxygen atoms in total. The molecule has 0 radical (unpaired) electrons. The number of nitrogen functional groups attached to an aromatic ring is 1. The van der Waals surface area contributed by atoms with Gasteiger partial charge in [0.1, 0.15) is 11.3 Å². The molecule has 0 aliphatic heterocycles. The van der Waals surface area contributed by atoms with Crippen LogP contribution in [0, 0.1) is 5.82 Å². The monoisotopic (exact) mass is 306 g/mol. The van der Waals surface area contributed by atoms with E-state index in [9.17, 15) is 4.39 Å². The largest absolute Gasteiger partial charge is 0.369 e. The van der Waals surface area contributed by atoms with Crippen LogP contribution in [0.2, 0.25) is 0 Å². The third-order valence-corrected chi connectivity index (χ3v) is 3.13. The van der Waals surface area contributed by atoms with E-state index in [4.69, 9.17) is 5.73 Å². The van der Waals surface area contributed by atoms with Crippen LogP contribution in [0.1, 0.15) is 0 Å². The quantitative estimate of drug-likeness (QED) is 0.752. The molecule has 0 unspecified atom stereocenters. The van der Waals surface area contributed by atoms with Gasteiger partial charge in [-0.25, -0.2) is 9.37 Å². The van der Waals surface area contributed by atoms with Crippen molar-refractivity contribution in [3.05, 3.63) is 46.9 Å². The van der Waals surface area contributed by atoms with Gasteiger partial charge in [-0.1, -0.05) is 15.9 Å². The zero-order valence-corrected chi connectivity index (χ0v) is 10.7. The Morgan fingerprint density at radius 3 is 2.94 bits per heavy atom. The SMILES string of the molecule is Nc1nc2cnccc2n1-c1cc(Br)ccc1F. The molecular weight excluding hydrogens is 299 g/mol. The van der Waals surface area contributed by atoms with Crippen LogP contribution in [0.15, 0.2) is 41.1 Å². The van der Waals surface area contributed by atoms with Gasteiger partial charge in [0.2, 0.25) is 5.95 Å². The summed E-state index contributed by atoms with van der Waals surface area (Å²) in [6.07, 6.45) is 3.22. The third-order valence-electron chi connectivity index (χ3n) is 2.63. The van der Waals surface area contributed by atoms with E-state index in [0.29, 0.717) is 11.2 Å². The van der Waals surface area contributed by atoms with Gasteiger partial charge in [-0.3, -0.25) is 9.55 Å². The highest BCUT2D eigenvalue weighted by Gasteiger charge is 2.13. The molecule has 0 fully saturated rings. The van der Waals surface area contributed by atoms with Crippen molar-refractivity contribution < 1.29 is 4.39 Å². The van der Waals surface area contributed by atoms with Crippen LogP contribution in [-0.2, 0) is 0 Å². The van der Waals surface area contributed by atoms with Crippen molar-refractivity contribution in [3.8, 4) is 5.69 Å². The maximum atomic E-state index is 13.9. The Labute approximate surface area is 110 Å². The first-order chi connectivity index (χ1) is 8.66. The van der Waals surface area contributed by atoms with Gasteiger partial charge < -0.3 is 5.73 Å². The Hall–Kier alpha value is -1.95. The Morgan fingerprint density at radius 2 is 2.11 bits per heavy atom. The molecule has 0 bridgehead atoms. The first-order valence-electron chi connectivity index (χ1n) is 5.20. The van der Waals surface area contributed by atoms with Crippen LogP contribution in [-0.4, -0.2) is 14.5 Å². The van der Waals surface area contributed by atoms with Crippen LogP contribution < -0.4 is 5.73 Å². The second-order valence-corrected chi connectivity index (χ2v) is 4.68. The minimum Gasteiger partial charge on any atom is -0.369 e. The Kier molecular flexibility index (Phi) is 2.52. The molecule has 2 heterocycles. The molecular formula is C12H8BrFN4. The molecule has 90 valence electrons. The number of fused-ring (bicyclic) bond motifs is 1. The fourth-order valence-electron chi connectivity index (χ4n) is 1.86. The Balaban J connectivity index is 2.37. The van der Waals surface area contributed by atoms with Crippen molar-refractivity contribution in [1.29, 1.82) is 0 Å². The molecule has 0 aliphatic rings. The highest BCUT2D eigenvalue weighted by Crippen LogP contribution is 2.26. The van der Waals surface area contributed by atoms with Crippen molar-refractivity contribution in [1.82, 2.24) is 14.5 Å². The number of imidazole rings is 1. The molecule has 0 atom stereocenters. The van der Waals surface area contributed by atoms with Crippen LogP contribution in [0.3, 0.4) is 0 Å². The molecule has 3 aromatic rings. The lowest BCUT2D eigenvalue weighted by molar-refractivity contribution is 0.619. The van der Waals surface area contributed by atoms with E-state index in [1.165, 1.54) is 6.07 Å². The van der Waals surface area contributed by atoms with Crippen LogP contribution in [0.25, 0.3) is 16.7 Å². The molecule has 3 rings (SSSR count). The first kappa shape index (κ1) is 11.2. The minimum atomic E-state index is -0.360. The van der Waals surface area contributed by atoms with Gasteiger partial charge in [-0.05, 0) is 24.3 Å². The second kappa shape index (κ2) is 4.06. The average Bonchev–Trinajstić information content (AvgIpc) is 2.68. The van der Waals surface area contributed by atoms with Crippen LogP contribution >= 0.6 is 15.9 Å². The Morgan fingerprint density at radius 1 is 1.28 bits per heavy atom. The lowest BCUT2D eigenvalue weighted by Gasteiger charge is -2.08. The summed E-state index contributed by atoms with van der Waals surface area (Å²) in [7, 11) is 0. The van der Waals surface area contributed by atoms with E-state index in [2.05, 4.69) is 25.9 Å². The minimum absolute atomic E-state index is 0.231. The van der Waals surface area contributed by atoms with Crippen molar-refractivity contribution in [2.75, 3.05) is 5.73 Å². The summed E-state index contributed by atoms with van der Waals surface area (Å²) in [5.74, 6) is -0.129. The summed E-state index contributed by atoms with van der Waals surface area (Å²) in [6.45, 7) is 0. The first-order valence-corrected chi connectivity index (χ1v) is 5.99. The van der Waals surface area contributed by atoms with Gasteiger partial charge in [0.05, 0.1) is 17.4 Å². The van der Waals surface area contributed by atoms with Gasteiger partial charge in [-0.15, -0.1) is 0 Å². The number of benzene rings is 1. The van der Waals surface area contributed by atoms with Crippen molar-refractivity contribution in [2.45, 2.75) is 0 Å². The van der Waals surface area contributed by atoms with E-state index in [1.807, 2.05) is 0 Å². The Bertz CT molecular complexity index is 738. The fourth-order valence-corrected chi connectivity index (χ4v) is 2.21. The average molecular weight is 307 g/mol. The molecule has 0 saturated carbocycles. The zero-order valence-electron chi connectivity index (χ0n) is 9.14. The van der Waals surface area contributed by atoms with E-state index in [-0.39, 0.29) is 11.8 Å². The van der Waals surface area contributed by atoms with E-state index in [1.54, 1.807) is 35.2 Å². The highest BCUT2D eigenvalue weighted by atomic mass is 79.9. The predicted octanol–water partition coefficient (Wildman–Crippen LogP) is 2.90. The summed E-state index contributed by atoms with van der Waals surface area (Å²) in [5.41, 5.74) is 7.56. The van der Waals surface area contributed by atoms with Crippen molar-refractivity contribution in [2.24, 2.45) is 0 Å². The third kappa shape index (κ3) is 1.65. The van der Waals surface area contributed by atoms with Gasteiger partial charge in [0.25, 0.3) is 0 Å². The van der Waals surface area contributed by atoms with Gasteiger partial charge >= 0.3 is 0 Å². The number of rotatable bonds is 1. The summed E-state index contributed by atoms with van der Waals surface area (Å²) >= 11 is 3.32. The number of hydrogen-bond donors (Lipinski definition) is 1. The number of nitrogens with two attached hydrogens (primary N) is 1. The van der Waals surface area contributed by atoms with Crippen LogP contribution in [0.4, 0.5) is 10.3 Å². The maximum Gasteiger partial charge on any atom is 0.206 e. The molecule has 1 aromatic carbocycles. The maximum absolute atomic E-state index is 13.9. The zero-order chi connectivity index (χ0) is 12.7. The van der Waals surface area contributed by atoms with Gasteiger partial charge in [0, 0.05) is 10.7 Å². The number of pyridine rings is 1. The molecule has 2 N–H and O–H groups in total. The smallest absolute Gasteiger partial charge is 0.206 e. The molecule has 0 amide bonds. The van der Waals surface area contributed by atoms with Crippen LogP contribution in [0.5, 0.6) is 0 Å². The predicted molar refractivity (Wildman–Crippen MR) is 70.9 cm³/mol.